The molecule has 1 aromatic heterocycles. The Morgan fingerprint density at radius 1 is 1.25 bits per heavy atom. The first kappa shape index (κ1) is 11.2. The highest BCUT2D eigenvalue weighted by Crippen LogP contribution is 2.26. The molecule has 16 heavy (non-hydrogen) atoms. The van der Waals surface area contributed by atoms with Crippen LogP contribution in [0.15, 0.2) is 18.3 Å². The maximum atomic E-state index is 5.58. The Kier molecular flexibility index (Phi) is 3.01. The zero-order valence-corrected chi connectivity index (χ0v) is 10.4. The van der Waals surface area contributed by atoms with Gasteiger partial charge in [-0.3, -0.25) is 0 Å². The molecule has 0 saturated carbocycles. The van der Waals surface area contributed by atoms with Crippen molar-refractivity contribution in [1.82, 2.24) is 4.57 Å². The maximum absolute atomic E-state index is 5.58. The SMILES string of the molecule is Cc1cc(C)c2c(c1)c(CCCN)cn2C. The highest BCUT2D eigenvalue weighted by molar-refractivity contribution is 5.87. The lowest BCUT2D eigenvalue weighted by Gasteiger charge is -2.03. The molecule has 86 valence electrons. The van der Waals surface area contributed by atoms with Crippen molar-refractivity contribution in [2.75, 3.05) is 6.54 Å². The fraction of sp³-hybridized carbons (Fsp3) is 0.429. The lowest BCUT2D eigenvalue weighted by atomic mass is 10.0. The summed E-state index contributed by atoms with van der Waals surface area (Å²) < 4.78 is 2.23. The second kappa shape index (κ2) is 4.30. The molecule has 0 radical (unpaired) electrons. The molecule has 2 nitrogen and oxygen atoms in total. The van der Waals surface area contributed by atoms with Gasteiger partial charge in [-0.25, -0.2) is 0 Å². The number of nitrogens with zero attached hydrogens (tertiary/aromatic N) is 1. The van der Waals surface area contributed by atoms with Crippen molar-refractivity contribution in [3.63, 3.8) is 0 Å². The molecule has 0 aliphatic rings. The summed E-state index contributed by atoms with van der Waals surface area (Å²) in [5.41, 5.74) is 11.1. The van der Waals surface area contributed by atoms with Crippen molar-refractivity contribution in [3.05, 3.63) is 35.0 Å². The van der Waals surface area contributed by atoms with Gasteiger partial charge in [-0.15, -0.1) is 0 Å². The van der Waals surface area contributed by atoms with Crippen LogP contribution in [0.5, 0.6) is 0 Å². The normalized spacial score (nSPS) is 11.2. The second-order valence-electron chi connectivity index (χ2n) is 4.64. The van der Waals surface area contributed by atoms with E-state index in [9.17, 15) is 0 Å². The highest BCUT2D eigenvalue weighted by atomic mass is 14.9. The molecule has 2 aromatic rings. The van der Waals surface area contributed by atoms with Crippen molar-refractivity contribution in [2.45, 2.75) is 26.7 Å². The Balaban J connectivity index is 2.59. The summed E-state index contributed by atoms with van der Waals surface area (Å²) in [5, 5.41) is 1.40. The minimum atomic E-state index is 0.765. The van der Waals surface area contributed by atoms with E-state index < -0.39 is 0 Å². The monoisotopic (exact) mass is 216 g/mol. The van der Waals surface area contributed by atoms with Gasteiger partial charge in [-0.05, 0) is 50.4 Å². The Labute approximate surface area is 97.1 Å². The number of benzene rings is 1. The van der Waals surface area contributed by atoms with Crippen molar-refractivity contribution in [2.24, 2.45) is 12.8 Å². The molecule has 1 aromatic carbocycles. The summed E-state index contributed by atoms with van der Waals surface area (Å²) in [7, 11) is 2.12. The summed E-state index contributed by atoms with van der Waals surface area (Å²) in [4.78, 5) is 0. The first-order chi connectivity index (χ1) is 7.63. The van der Waals surface area contributed by atoms with Gasteiger partial charge in [0.05, 0.1) is 5.52 Å². The molecule has 0 aliphatic heterocycles. The minimum Gasteiger partial charge on any atom is -0.350 e. The number of fused-ring (bicyclic) bond motifs is 1. The number of hydrogen-bond donors (Lipinski definition) is 1. The third kappa shape index (κ3) is 1.85. The number of aryl methyl sites for hydroxylation is 4. The molecule has 2 N–H and O–H groups in total. The van der Waals surface area contributed by atoms with Gasteiger partial charge in [-0.1, -0.05) is 11.6 Å². The second-order valence-corrected chi connectivity index (χ2v) is 4.64. The van der Waals surface area contributed by atoms with Crippen molar-refractivity contribution in [1.29, 1.82) is 0 Å². The molecule has 0 unspecified atom stereocenters. The van der Waals surface area contributed by atoms with Crippen LogP contribution in [0.25, 0.3) is 10.9 Å². The van der Waals surface area contributed by atoms with Gasteiger partial charge < -0.3 is 10.3 Å². The van der Waals surface area contributed by atoms with E-state index in [1.54, 1.807) is 0 Å². The topological polar surface area (TPSA) is 30.9 Å². The van der Waals surface area contributed by atoms with Gasteiger partial charge in [-0.2, -0.15) is 0 Å². The molecular formula is C14H20N2. The van der Waals surface area contributed by atoms with Crippen molar-refractivity contribution >= 4 is 10.9 Å². The lowest BCUT2D eigenvalue weighted by Crippen LogP contribution is -1.99. The average Bonchev–Trinajstić information content (AvgIpc) is 2.52. The molecule has 0 spiro atoms. The van der Waals surface area contributed by atoms with E-state index in [1.165, 1.54) is 27.6 Å². The third-order valence-electron chi connectivity index (χ3n) is 3.14. The van der Waals surface area contributed by atoms with Crippen LogP contribution in [0.4, 0.5) is 0 Å². The first-order valence-corrected chi connectivity index (χ1v) is 5.88. The molecule has 0 aliphatic carbocycles. The molecule has 0 fully saturated rings. The summed E-state index contributed by atoms with van der Waals surface area (Å²) in [6, 6.07) is 4.53. The molecule has 0 bridgehead atoms. The Bertz CT molecular complexity index is 509. The number of rotatable bonds is 3. The van der Waals surface area contributed by atoms with Crippen LogP contribution in [0.2, 0.25) is 0 Å². The fourth-order valence-corrected chi connectivity index (χ4v) is 2.53. The summed E-state index contributed by atoms with van der Waals surface area (Å²) >= 11 is 0. The van der Waals surface area contributed by atoms with Gasteiger partial charge in [0.1, 0.15) is 0 Å². The van der Waals surface area contributed by atoms with E-state index in [1.807, 2.05) is 0 Å². The quantitative estimate of drug-likeness (QED) is 0.840. The molecule has 1 heterocycles. The number of hydrogen-bond acceptors (Lipinski definition) is 1. The minimum absolute atomic E-state index is 0.765. The zero-order chi connectivity index (χ0) is 11.7. The lowest BCUT2D eigenvalue weighted by molar-refractivity contribution is 0.830. The van der Waals surface area contributed by atoms with E-state index in [-0.39, 0.29) is 0 Å². The number of aromatic nitrogens is 1. The van der Waals surface area contributed by atoms with E-state index in [0.29, 0.717) is 0 Å². The van der Waals surface area contributed by atoms with Crippen molar-refractivity contribution in [3.8, 4) is 0 Å². The van der Waals surface area contributed by atoms with Crippen molar-refractivity contribution < 1.29 is 0 Å². The van der Waals surface area contributed by atoms with Gasteiger partial charge >= 0.3 is 0 Å². The smallest absolute Gasteiger partial charge is 0.0510 e. The largest absolute Gasteiger partial charge is 0.350 e. The van der Waals surface area contributed by atoms with Crippen LogP contribution in [-0.2, 0) is 13.5 Å². The predicted octanol–water partition coefficient (Wildman–Crippen LogP) is 2.69. The van der Waals surface area contributed by atoms with Crippen LogP contribution in [0.3, 0.4) is 0 Å². The summed E-state index contributed by atoms with van der Waals surface area (Å²) in [6.07, 6.45) is 4.38. The van der Waals surface area contributed by atoms with Gasteiger partial charge in [0.2, 0.25) is 0 Å². The average molecular weight is 216 g/mol. The fourth-order valence-electron chi connectivity index (χ4n) is 2.53. The van der Waals surface area contributed by atoms with E-state index in [2.05, 4.69) is 43.8 Å². The molecule has 2 heteroatoms. The summed E-state index contributed by atoms with van der Waals surface area (Å²) in [5.74, 6) is 0. The molecule has 0 amide bonds. The van der Waals surface area contributed by atoms with Gasteiger partial charge in [0.25, 0.3) is 0 Å². The Morgan fingerprint density at radius 2 is 2.00 bits per heavy atom. The molecule has 0 saturated heterocycles. The van der Waals surface area contributed by atoms with Crippen LogP contribution >= 0.6 is 0 Å². The standard InChI is InChI=1S/C14H20N2/c1-10-7-11(2)14-13(8-10)12(5-4-6-15)9-16(14)3/h7-9H,4-6,15H2,1-3H3. The Morgan fingerprint density at radius 3 is 2.69 bits per heavy atom. The Hall–Kier alpha value is -1.28. The van der Waals surface area contributed by atoms with E-state index in [0.717, 1.165) is 19.4 Å². The van der Waals surface area contributed by atoms with Crippen LogP contribution < -0.4 is 5.73 Å². The molecule has 0 atom stereocenters. The van der Waals surface area contributed by atoms with Gasteiger partial charge in [0, 0.05) is 18.6 Å². The van der Waals surface area contributed by atoms with Crippen LogP contribution in [0.1, 0.15) is 23.1 Å². The highest BCUT2D eigenvalue weighted by Gasteiger charge is 2.08. The summed E-state index contributed by atoms with van der Waals surface area (Å²) in [6.45, 7) is 5.11. The van der Waals surface area contributed by atoms with Gasteiger partial charge in [0.15, 0.2) is 0 Å². The zero-order valence-electron chi connectivity index (χ0n) is 10.4. The third-order valence-corrected chi connectivity index (χ3v) is 3.14. The van der Waals surface area contributed by atoms with Crippen LogP contribution in [0, 0.1) is 13.8 Å². The molecule has 2 rings (SSSR count). The van der Waals surface area contributed by atoms with Crippen LogP contribution in [-0.4, -0.2) is 11.1 Å². The van der Waals surface area contributed by atoms with E-state index >= 15 is 0 Å². The maximum Gasteiger partial charge on any atom is 0.0510 e. The first-order valence-electron chi connectivity index (χ1n) is 5.88. The predicted molar refractivity (Wildman–Crippen MR) is 69.8 cm³/mol. The molecular weight excluding hydrogens is 196 g/mol. The number of nitrogens with two attached hydrogens (primary N) is 1. The van der Waals surface area contributed by atoms with E-state index in [4.69, 9.17) is 5.73 Å².